The van der Waals surface area contributed by atoms with E-state index in [9.17, 15) is 9.59 Å². The van der Waals surface area contributed by atoms with Crippen molar-refractivity contribution < 1.29 is 9.59 Å². The summed E-state index contributed by atoms with van der Waals surface area (Å²) in [5.41, 5.74) is 19.5. The number of carbonyl (C=O) groups excluding carboxylic acids is 2. The molecule has 1 unspecified atom stereocenters. The molecule has 0 bridgehead atoms. The van der Waals surface area contributed by atoms with E-state index >= 15 is 0 Å². The Morgan fingerprint density at radius 1 is 0.897 bits per heavy atom. The fourth-order valence-corrected chi connectivity index (χ4v) is 5.31. The predicted molar refractivity (Wildman–Crippen MR) is 158 cm³/mol. The lowest BCUT2D eigenvalue weighted by molar-refractivity contribution is -0.133. The summed E-state index contributed by atoms with van der Waals surface area (Å²) in [5.74, 6) is 0.338. The lowest BCUT2D eigenvalue weighted by Gasteiger charge is -2.30. The first-order valence-electron chi connectivity index (χ1n) is 14.4. The van der Waals surface area contributed by atoms with Crippen molar-refractivity contribution in [1.82, 2.24) is 10.2 Å². The first-order valence-corrected chi connectivity index (χ1v) is 14.4. The van der Waals surface area contributed by atoms with Crippen molar-refractivity contribution in [3.8, 4) is 0 Å². The van der Waals surface area contributed by atoms with Gasteiger partial charge in [0.15, 0.2) is 5.96 Å². The van der Waals surface area contributed by atoms with Crippen molar-refractivity contribution in [1.29, 1.82) is 0 Å². The Morgan fingerprint density at radius 2 is 1.51 bits per heavy atom. The molecule has 8 nitrogen and oxygen atoms in total. The number of nitrogens with one attached hydrogen (secondary N) is 1. The van der Waals surface area contributed by atoms with Gasteiger partial charge in [0.25, 0.3) is 0 Å². The maximum atomic E-state index is 13.6. The molecule has 1 aliphatic rings. The van der Waals surface area contributed by atoms with Crippen LogP contribution >= 0.6 is 0 Å². The van der Waals surface area contributed by atoms with E-state index in [1.165, 1.54) is 6.42 Å². The molecule has 39 heavy (non-hydrogen) atoms. The summed E-state index contributed by atoms with van der Waals surface area (Å²) in [6, 6.07) is 19.9. The summed E-state index contributed by atoms with van der Waals surface area (Å²) in [6.45, 7) is 2.18. The van der Waals surface area contributed by atoms with Crippen LogP contribution in [0.1, 0.15) is 74.8 Å². The molecule has 2 aromatic rings. The molecule has 3 rings (SSSR count). The zero-order valence-electron chi connectivity index (χ0n) is 23.1. The van der Waals surface area contributed by atoms with Gasteiger partial charge in [0.2, 0.25) is 11.8 Å². The van der Waals surface area contributed by atoms with E-state index in [1.807, 2.05) is 41.3 Å². The van der Waals surface area contributed by atoms with Crippen LogP contribution in [0.5, 0.6) is 0 Å². The van der Waals surface area contributed by atoms with Crippen LogP contribution in [0.25, 0.3) is 0 Å². The molecule has 0 aromatic heterocycles. The van der Waals surface area contributed by atoms with Crippen LogP contribution in [0.4, 0.5) is 0 Å². The fraction of sp³-hybridized carbons (Fsp3) is 0.516. The molecule has 0 saturated heterocycles. The second-order valence-electron chi connectivity index (χ2n) is 10.5. The molecule has 1 saturated carbocycles. The van der Waals surface area contributed by atoms with E-state index < -0.39 is 6.04 Å². The minimum atomic E-state index is -0.627. The average Bonchev–Trinajstić information content (AvgIpc) is 2.97. The molecule has 0 aliphatic heterocycles. The Hall–Kier alpha value is -3.39. The summed E-state index contributed by atoms with van der Waals surface area (Å²) in [7, 11) is 0. The number of nitrogens with two attached hydrogens (primary N) is 3. The standard InChI is InChI=1S/C31H46N6O2/c32-28(19-12-21-36-31(33)34)30(39)37(22-11-10-20-35-29(38)26-17-8-3-9-18-26)23-27(24-13-4-1-5-14-24)25-15-6-2-7-16-25/h1-2,4-7,13-16,26-28H,3,8-12,17-23,32H2,(H,35,38)(H4,33,34,36). The lowest BCUT2D eigenvalue weighted by atomic mass is 9.88. The minimum Gasteiger partial charge on any atom is -0.370 e. The van der Waals surface area contributed by atoms with E-state index in [-0.39, 0.29) is 29.6 Å². The van der Waals surface area contributed by atoms with E-state index in [1.54, 1.807) is 0 Å². The third-order valence-corrected chi connectivity index (χ3v) is 7.53. The van der Waals surface area contributed by atoms with Crippen molar-refractivity contribution in [2.45, 2.75) is 69.7 Å². The number of nitrogens with zero attached hydrogens (tertiary/aromatic N) is 2. The highest BCUT2D eigenvalue weighted by molar-refractivity contribution is 5.82. The Morgan fingerprint density at radius 3 is 2.10 bits per heavy atom. The van der Waals surface area contributed by atoms with Gasteiger partial charge in [-0.15, -0.1) is 0 Å². The van der Waals surface area contributed by atoms with Crippen molar-refractivity contribution in [3.63, 3.8) is 0 Å². The third kappa shape index (κ3) is 10.4. The molecule has 8 heteroatoms. The van der Waals surface area contributed by atoms with Crippen LogP contribution in [0.3, 0.4) is 0 Å². The predicted octanol–water partition coefficient (Wildman–Crippen LogP) is 3.50. The van der Waals surface area contributed by atoms with Gasteiger partial charge in [-0.2, -0.15) is 0 Å². The minimum absolute atomic E-state index is 0.0243. The molecule has 1 fully saturated rings. The number of rotatable bonds is 15. The fourth-order valence-electron chi connectivity index (χ4n) is 5.31. The topological polar surface area (TPSA) is 140 Å². The number of unbranched alkanes of at least 4 members (excludes halogenated alkanes) is 1. The second-order valence-corrected chi connectivity index (χ2v) is 10.5. The van der Waals surface area contributed by atoms with Crippen LogP contribution in [0, 0.1) is 5.92 Å². The smallest absolute Gasteiger partial charge is 0.239 e. The van der Waals surface area contributed by atoms with Gasteiger partial charge in [-0.3, -0.25) is 14.6 Å². The van der Waals surface area contributed by atoms with Crippen LogP contribution in [0.15, 0.2) is 65.7 Å². The number of hydrogen-bond donors (Lipinski definition) is 4. The molecular formula is C31H46N6O2. The molecule has 1 aliphatic carbocycles. The van der Waals surface area contributed by atoms with E-state index in [2.05, 4.69) is 34.6 Å². The van der Waals surface area contributed by atoms with Gasteiger partial charge in [0, 0.05) is 38.0 Å². The second kappa shape index (κ2) is 16.5. The number of guanidine groups is 1. The third-order valence-electron chi connectivity index (χ3n) is 7.53. The summed E-state index contributed by atoms with van der Waals surface area (Å²) >= 11 is 0. The largest absolute Gasteiger partial charge is 0.370 e. The molecule has 1 atom stereocenters. The van der Waals surface area contributed by atoms with Gasteiger partial charge < -0.3 is 27.4 Å². The Labute approximate surface area is 233 Å². The maximum absolute atomic E-state index is 13.6. The highest BCUT2D eigenvalue weighted by Gasteiger charge is 2.25. The number of aliphatic imine (C=N–C) groups is 1. The molecule has 7 N–H and O–H groups in total. The van der Waals surface area contributed by atoms with Crippen molar-refractivity contribution in [2.24, 2.45) is 28.1 Å². The van der Waals surface area contributed by atoms with E-state index in [4.69, 9.17) is 17.2 Å². The van der Waals surface area contributed by atoms with E-state index in [0.717, 1.165) is 49.7 Å². The molecular weight excluding hydrogens is 488 g/mol. The van der Waals surface area contributed by atoms with Gasteiger partial charge in [0.05, 0.1) is 6.04 Å². The van der Waals surface area contributed by atoms with Crippen molar-refractivity contribution >= 4 is 17.8 Å². The molecule has 0 spiro atoms. The van der Waals surface area contributed by atoms with Gasteiger partial charge in [-0.05, 0) is 49.7 Å². The van der Waals surface area contributed by atoms with Crippen LogP contribution in [0.2, 0.25) is 0 Å². The normalized spacial score (nSPS) is 14.5. The molecule has 0 heterocycles. The number of benzene rings is 2. The van der Waals surface area contributed by atoms with Gasteiger partial charge in [-0.25, -0.2) is 0 Å². The molecule has 212 valence electrons. The highest BCUT2D eigenvalue weighted by atomic mass is 16.2. The highest BCUT2D eigenvalue weighted by Crippen LogP contribution is 2.26. The Kier molecular flexibility index (Phi) is 12.8. The van der Waals surface area contributed by atoms with Crippen molar-refractivity contribution in [2.75, 3.05) is 26.2 Å². The summed E-state index contributed by atoms with van der Waals surface area (Å²) in [6.07, 6.45) is 8.24. The first-order chi connectivity index (χ1) is 19.0. The van der Waals surface area contributed by atoms with Crippen LogP contribution in [-0.4, -0.2) is 54.9 Å². The zero-order valence-corrected chi connectivity index (χ0v) is 23.1. The lowest BCUT2D eigenvalue weighted by Crippen LogP contribution is -2.46. The number of hydrogen-bond acceptors (Lipinski definition) is 4. The molecule has 2 aromatic carbocycles. The molecule has 0 radical (unpaired) electrons. The number of amides is 2. The van der Waals surface area contributed by atoms with Gasteiger partial charge >= 0.3 is 0 Å². The summed E-state index contributed by atoms with van der Waals surface area (Å²) in [4.78, 5) is 32.0. The monoisotopic (exact) mass is 534 g/mol. The van der Waals surface area contributed by atoms with Crippen LogP contribution in [-0.2, 0) is 9.59 Å². The Balaban J connectivity index is 1.64. The molecule has 2 amide bonds. The maximum Gasteiger partial charge on any atom is 0.239 e. The van der Waals surface area contributed by atoms with Gasteiger partial charge in [-0.1, -0.05) is 79.9 Å². The summed E-state index contributed by atoms with van der Waals surface area (Å²) < 4.78 is 0. The Bertz CT molecular complexity index is 980. The first kappa shape index (κ1) is 30.2. The average molecular weight is 535 g/mol. The van der Waals surface area contributed by atoms with Gasteiger partial charge in [0.1, 0.15) is 0 Å². The van der Waals surface area contributed by atoms with Crippen LogP contribution < -0.4 is 22.5 Å². The SMILES string of the molecule is NC(N)=NCCCC(N)C(=O)N(CCCCNC(=O)C1CCCCC1)CC(c1ccccc1)c1ccccc1. The van der Waals surface area contributed by atoms with Crippen molar-refractivity contribution in [3.05, 3.63) is 71.8 Å². The number of carbonyl (C=O) groups is 2. The summed E-state index contributed by atoms with van der Waals surface area (Å²) in [5, 5.41) is 3.11. The zero-order chi connectivity index (χ0) is 27.9. The van der Waals surface area contributed by atoms with E-state index in [0.29, 0.717) is 39.0 Å². The quantitative estimate of drug-likeness (QED) is 0.157.